The van der Waals surface area contributed by atoms with E-state index >= 15 is 0 Å². The van der Waals surface area contributed by atoms with Crippen molar-refractivity contribution in [3.63, 3.8) is 0 Å². The van der Waals surface area contributed by atoms with Crippen LogP contribution in [0.2, 0.25) is 0 Å². The number of benzene rings is 1. The van der Waals surface area contributed by atoms with Gasteiger partial charge in [0.25, 0.3) is 5.91 Å². The highest BCUT2D eigenvalue weighted by atomic mass is 16.4. The molecule has 7 heteroatoms. The third-order valence-electron chi connectivity index (χ3n) is 5.89. The summed E-state index contributed by atoms with van der Waals surface area (Å²) < 4.78 is 1.79. The molecule has 2 aliphatic carbocycles. The number of nitrogens with one attached hydrogen (secondary N) is 2. The van der Waals surface area contributed by atoms with E-state index in [9.17, 15) is 19.5 Å². The Morgan fingerprint density at radius 1 is 1.15 bits per heavy atom. The minimum absolute atomic E-state index is 0.151. The molecule has 0 atom stereocenters. The van der Waals surface area contributed by atoms with Gasteiger partial charge in [-0.3, -0.25) is 9.36 Å². The molecule has 7 nitrogen and oxygen atoms in total. The zero-order chi connectivity index (χ0) is 18.3. The van der Waals surface area contributed by atoms with Crippen molar-refractivity contribution in [1.82, 2.24) is 14.9 Å². The van der Waals surface area contributed by atoms with Gasteiger partial charge in [-0.05, 0) is 43.9 Å². The van der Waals surface area contributed by atoms with Gasteiger partial charge >= 0.3 is 11.7 Å². The minimum atomic E-state index is -1.17. The Morgan fingerprint density at radius 3 is 2.50 bits per heavy atom. The van der Waals surface area contributed by atoms with Crippen LogP contribution in [0.25, 0.3) is 11.0 Å². The second-order valence-corrected chi connectivity index (χ2v) is 7.52. The quantitative estimate of drug-likeness (QED) is 0.782. The van der Waals surface area contributed by atoms with Crippen molar-refractivity contribution in [3.8, 4) is 0 Å². The molecule has 0 radical (unpaired) electrons. The van der Waals surface area contributed by atoms with Crippen molar-refractivity contribution in [3.05, 3.63) is 34.2 Å². The van der Waals surface area contributed by atoms with E-state index in [1.165, 1.54) is 0 Å². The van der Waals surface area contributed by atoms with E-state index in [0.29, 0.717) is 23.9 Å². The van der Waals surface area contributed by atoms with Crippen LogP contribution in [0.4, 0.5) is 0 Å². The van der Waals surface area contributed by atoms with Crippen LogP contribution in [0, 0.1) is 0 Å². The topological polar surface area (TPSA) is 104 Å². The number of H-pyrrole nitrogens is 1. The number of fused-ring (bicyclic) bond motifs is 1. The second-order valence-electron chi connectivity index (χ2n) is 7.52. The molecular weight excluding hydrogens is 334 g/mol. The first-order valence-electron chi connectivity index (χ1n) is 9.30. The van der Waals surface area contributed by atoms with Gasteiger partial charge in [0.15, 0.2) is 0 Å². The Bertz CT molecular complexity index is 914. The summed E-state index contributed by atoms with van der Waals surface area (Å²) in [6, 6.07) is 5.30. The lowest BCUT2D eigenvalue weighted by Gasteiger charge is -2.25. The Hall–Kier alpha value is -2.57. The van der Waals surface area contributed by atoms with E-state index in [1.54, 1.807) is 22.8 Å². The van der Waals surface area contributed by atoms with Gasteiger partial charge in [0.2, 0.25) is 0 Å². The molecule has 2 aliphatic rings. The maximum Gasteiger partial charge on any atom is 0.329 e. The summed E-state index contributed by atoms with van der Waals surface area (Å²) in [5.74, 6) is -1.39. The van der Waals surface area contributed by atoms with Crippen LogP contribution in [0.5, 0.6) is 0 Å². The van der Waals surface area contributed by atoms with Crippen molar-refractivity contribution in [1.29, 1.82) is 0 Å². The van der Waals surface area contributed by atoms with Gasteiger partial charge in [0.1, 0.15) is 5.54 Å². The van der Waals surface area contributed by atoms with Crippen LogP contribution in [-0.2, 0) is 4.79 Å². The summed E-state index contributed by atoms with van der Waals surface area (Å²) >= 11 is 0. The Balaban J connectivity index is 1.64. The van der Waals surface area contributed by atoms with Gasteiger partial charge in [-0.25, -0.2) is 9.59 Å². The molecule has 1 amide bonds. The number of hydrogen-bond donors (Lipinski definition) is 3. The monoisotopic (exact) mass is 357 g/mol. The first-order chi connectivity index (χ1) is 12.5. The highest BCUT2D eigenvalue weighted by molar-refractivity contribution is 6.00. The summed E-state index contributed by atoms with van der Waals surface area (Å²) in [5, 5.41) is 12.2. The van der Waals surface area contributed by atoms with Gasteiger partial charge < -0.3 is 15.4 Å². The maximum atomic E-state index is 12.6. The molecule has 0 spiro atoms. The van der Waals surface area contributed by atoms with E-state index in [0.717, 1.165) is 44.0 Å². The van der Waals surface area contributed by atoms with Crippen LogP contribution >= 0.6 is 0 Å². The number of carboxylic acids is 1. The summed E-state index contributed by atoms with van der Waals surface area (Å²) in [4.78, 5) is 39.5. The number of aromatic amines is 1. The number of carbonyl (C=O) groups is 2. The zero-order valence-electron chi connectivity index (χ0n) is 14.6. The number of amides is 1. The number of hydrogen-bond acceptors (Lipinski definition) is 3. The lowest BCUT2D eigenvalue weighted by Crippen LogP contribution is -2.52. The molecule has 2 aromatic rings. The predicted molar refractivity (Wildman–Crippen MR) is 96.4 cm³/mol. The zero-order valence-corrected chi connectivity index (χ0v) is 14.6. The number of carbonyl (C=O) groups excluding carboxylic acids is 1. The van der Waals surface area contributed by atoms with Crippen LogP contribution in [0.3, 0.4) is 0 Å². The SMILES string of the molecule is O=C(NC1(C(=O)O)CCCC1)c1ccc2c(c1)[nH]c(=O)n2C1CCCC1. The number of carboxylic acid groups (broad SMARTS) is 1. The molecule has 3 N–H and O–H groups in total. The molecule has 0 aliphatic heterocycles. The maximum absolute atomic E-state index is 12.6. The van der Waals surface area contributed by atoms with Crippen LogP contribution in [0.1, 0.15) is 67.8 Å². The van der Waals surface area contributed by atoms with Gasteiger partial charge in [-0.1, -0.05) is 25.7 Å². The van der Waals surface area contributed by atoms with Crippen molar-refractivity contribution in [2.75, 3.05) is 0 Å². The number of aliphatic carboxylic acids is 1. The van der Waals surface area contributed by atoms with E-state index < -0.39 is 17.4 Å². The molecule has 2 saturated carbocycles. The van der Waals surface area contributed by atoms with Gasteiger partial charge in [0, 0.05) is 11.6 Å². The third-order valence-corrected chi connectivity index (χ3v) is 5.89. The van der Waals surface area contributed by atoms with Crippen molar-refractivity contribution < 1.29 is 14.7 Å². The third kappa shape index (κ3) is 2.71. The molecule has 4 rings (SSSR count). The lowest BCUT2D eigenvalue weighted by atomic mass is 9.97. The van der Waals surface area contributed by atoms with E-state index in [2.05, 4.69) is 10.3 Å². The number of aromatic nitrogens is 2. The van der Waals surface area contributed by atoms with Gasteiger partial charge in [-0.2, -0.15) is 0 Å². The predicted octanol–water partition coefficient (Wildman–Crippen LogP) is 2.57. The van der Waals surface area contributed by atoms with Crippen LogP contribution < -0.4 is 11.0 Å². The highest BCUT2D eigenvalue weighted by Gasteiger charge is 2.42. The molecular formula is C19H23N3O4. The standard InChI is InChI=1S/C19H23N3O4/c23-16(21-19(17(24)25)9-3-4-10-19)12-7-8-15-14(11-12)20-18(26)22(15)13-5-1-2-6-13/h7-8,11,13H,1-6,9-10H2,(H,20,26)(H,21,23)(H,24,25). The summed E-state index contributed by atoms with van der Waals surface area (Å²) in [7, 11) is 0. The fraction of sp³-hybridized carbons (Fsp3) is 0.526. The first-order valence-corrected chi connectivity index (χ1v) is 9.30. The molecule has 0 saturated heterocycles. The van der Waals surface area contributed by atoms with Crippen molar-refractivity contribution in [2.45, 2.75) is 62.9 Å². The number of imidazole rings is 1. The van der Waals surface area contributed by atoms with E-state index in [-0.39, 0.29) is 11.7 Å². The fourth-order valence-corrected chi connectivity index (χ4v) is 4.46. The molecule has 1 aromatic carbocycles. The van der Waals surface area contributed by atoms with Crippen LogP contribution in [0.15, 0.2) is 23.0 Å². The summed E-state index contributed by atoms with van der Waals surface area (Å²) in [6.45, 7) is 0. The fourth-order valence-electron chi connectivity index (χ4n) is 4.46. The highest BCUT2D eigenvalue weighted by Crippen LogP contribution is 2.32. The molecule has 1 aromatic heterocycles. The van der Waals surface area contributed by atoms with Crippen molar-refractivity contribution in [2.24, 2.45) is 0 Å². The molecule has 0 bridgehead atoms. The molecule has 2 fully saturated rings. The first kappa shape index (κ1) is 16.9. The molecule has 26 heavy (non-hydrogen) atoms. The van der Waals surface area contributed by atoms with Gasteiger partial charge in [-0.15, -0.1) is 0 Å². The average molecular weight is 357 g/mol. The summed E-state index contributed by atoms with van der Waals surface area (Å²) in [5.41, 5.74) is 0.458. The molecule has 1 heterocycles. The van der Waals surface area contributed by atoms with Crippen molar-refractivity contribution >= 4 is 22.9 Å². The lowest BCUT2D eigenvalue weighted by molar-refractivity contribution is -0.144. The molecule has 138 valence electrons. The number of rotatable bonds is 4. The summed E-state index contributed by atoms with van der Waals surface area (Å²) in [6.07, 6.45) is 6.73. The van der Waals surface area contributed by atoms with E-state index in [4.69, 9.17) is 0 Å². The van der Waals surface area contributed by atoms with E-state index in [1.807, 2.05) is 0 Å². The number of nitrogens with zero attached hydrogens (tertiary/aromatic N) is 1. The normalized spacial score (nSPS) is 19.8. The Labute approximate surface area is 150 Å². The molecule has 0 unspecified atom stereocenters. The average Bonchev–Trinajstić information content (AvgIpc) is 3.33. The minimum Gasteiger partial charge on any atom is -0.480 e. The van der Waals surface area contributed by atoms with Crippen LogP contribution in [-0.4, -0.2) is 32.1 Å². The van der Waals surface area contributed by atoms with Gasteiger partial charge in [0.05, 0.1) is 11.0 Å². The second kappa shape index (κ2) is 6.30. The Morgan fingerprint density at radius 2 is 1.85 bits per heavy atom. The Kier molecular flexibility index (Phi) is 4.09. The smallest absolute Gasteiger partial charge is 0.329 e. The largest absolute Gasteiger partial charge is 0.480 e.